The lowest BCUT2D eigenvalue weighted by molar-refractivity contribution is 0.0652. The van der Waals surface area contributed by atoms with Crippen LogP contribution in [0.25, 0.3) is 10.9 Å². The molecule has 154 valence electrons. The fourth-order valence-electron chi connectivity index (χ4n) is 4.94. The van der Waals surface area contributed by atoms with Crippen LogP contribution in [0.1, 0.15) is 47.8 Å². The van der Waals surface area contributed by atoms with Crippen molar-refractivity contribution in [2.24, 2.45) is 0 Å². The lowest BCUT2D eigenvalue weighted by Crippen LogP contribution is -2.45. The van der Waals surface area contributed by atoms with Crippen LogP contribution in [-0.4, -0.2) is 28.5 Å². The second-order valence-corrected chi connectivity index (χ2v) is 8.65. The van der Waals surface area contributed by atoms with Gasteiger partial charge in [-0.25, -0.2) is 0 Å². The van der Waals surface area contributed by atoms with Crippen molar-refractivity contribution in [1.29, 1.82) is 5.26 Å². The Morgan fingerprint density at radius 2 is 1.90 bits per heavy atom. The average Bonchev–Trinajstić information content (AvgIpc) is 3.11. The molecule has 1 saturated heterocycles. The normalized spacial score (nSPS) is 15.9. The van der Waals surface area contributed by atoms with Crippen molar-refractivity contribution in [1.82, 2.24) is 9.47 Å². The first-order valence-electron chi connectivity index (χ1n) is 10.5. The number of hydrogen-bond acceptors (Lipinski definition) is 2. The Morgan fingerprint density at radius 1 is 1.17 bits per heavy atom. The van der Waals surface area contributed by atoms with E-state index in [1.54, 1.807) is 10.6 Å². The Labute approximate surface area is 182 Å². The van der Waals surface area contributed by atoms with Gasteiger partial charge in [0.25, 0.3) is 5.91 Å². The molecule has 3 aromatic rings. The zero-order valence-corrected chi connectivity index (χ0v) is 18.2. The highest BCUT2D eigenvalue weighted by Crippen LogP contribution is 2.40. The molecule has 0 saturated carbocycles. The van der Waals surface area contributed by atoms with Gasteiger partial charge in [0.2, 0.25) is 0 Å². The van der Waals surface area contributed by atoms with Crippen LogP contribution < -0.4 is 0 Å². The van der Waals surface area contributed by atoms with Crippen molar-refractivity contribution in [3.8, 4) is 6.07 Å². The molecule has 1 aliphatic heterocycles. The Kier molecular flexibility index (Phi) is 5.58. The zero-order chi connectivity index (χ0) is 21.3. The molecular weight excluding hydrogens is 394 g/mol. The van der Waals surface area contributed by atoms with Crippen LogP contribution in [0.2, 0.25) is 5.02 Å². The van der Waals surface area contributed by atoms with Crippen molar-refractivity contribution in [3.05, 3.63) is 70.4 Å². The number of carbonyl (C=O) groups is 1. The van der Waals surface area contributed by atoms with Crippen molar-refractivity contribution < 1.29 is 4.79 Å². The summed E-state index contributed by atoms with van der Waals surface area (Å²) in [7, 11) is 0. The highest BCUT2D eigenvalue weighted by Gasteiger charge is 2.37. The summed E-state index contributed by atoms with van der Waals surface area (Å²) in [6.07, 6.45) is 2.96. The van der Waals surface area contributed by atoms with Crippen LogP contribution in [0.3, 0.4) is 0 Å². The minimum Gasteiger partial charge on any atom is -0.337 e. The number of nitrogens with zero attached hydrogens (tertiary/aromatic N) is 3. The molecular formula is C25H26ClN3O. The van der Waals surface area contributed by atoms with Crippen LogP contribution in [0.4, 0.5) is 0 Å². The van der Waals surface area contributed by atoms with E-state index in [0.717, 1.165) is 43.3 Å². The molecule has 30 heavy (non-hydrogen) atoms. The molecule has 0 radical (unpaired) electrons. The van der Waals surface area contributed by atoms with Gasteiger partial charge in [0.1, 0.15) is 12.2 Å². The fraction of sp³-hybridized carbons (Fsp3) is 0.360. The van der Waals surface area contributed by atoms with Gasteiger partial charge in [-0.3, -0.25) is 4.79 Å². The molecule has 1 aliphatic rings. The van der Waals surface area contributed by atoms with Crippen molar-refractivity contribution in [2.45, 2.75) is 45.1 Å². The van der Waals surface area contributed by atoms with Crippen molar-refractivity contribution in [2.75, 3.05) is 13.1 Å². The van der Waals surface area contributed by atoms with Gasteiger partial charge in [-0.2, -0.15) is 5.26 Å². The third-order valence-electron chi connectivity index (χ3n) is 6.71. The monoisotopic (exact) mass is 419 g/mol. The standard InChI is InChI=1S/C25H26ClN3O/c1-3-25(21-7-5-4-6-18(21)2)10-13-28(14-11-25)24(30)23-17-19-16-20(26)8-9-22(19)29(23)15-12-27/h4-9,16-17H,3,10-11,13-15H2,1-2H3. The number of amides is 1. The molecule has 1 fully saturated rings. The molecule has 0 aliphatic carbocycles. The smallest absolute Gasteiger partial charge is 0.270 e. The van der Waals surface area contributed by atoms with Crippen LogP contribution >= 0.6 is 11.6 Å². The van der Waals surface area contributed by atoms with Gasteiger partial charge in [0.15, 0.2) is 0 Å². The zero-order valence-electron chi connectivity index (χ0n) is 17.5. The van der Waals surface area contributed by atoms with Gasteiger partial charge >= 0.3 is 0 Å². The number of likely N-dealkylation sites (tertiary alicyclic amines) is 1. The van der Waals surface area contributed by atoms with E-state index in [0.29, 0.717) is 10.7 Å². The van der Waals surface area contributed by atoms with Crippen molar-refractivity contribution >= 4 is 28.4 Å². The number of carbonyl (C=O) groups excluding carboxylic acids is 1. The Morgan fingerprint density at radius 3 is 2.57 bits per heavy atom. The topological polar surface area (TPSA) is 49.0 Å². The quantitative estimate of drug-likeness (QED) is 0.543. The number of rotatable bonds is 4. The maximum atomic E-state index is 13.4. The van der Waals surface area contributed by atoms with E-state index in [-0.39, 0.29) is 17.9 Å². The van der Waals surface area contributed by atoms with E-state index in [4.69, 9.17) is 11.6 Å². The highest BCUT2D eigenvalue weighted by molar-refractivity contribution is 6.31. The van der Waals surface area contributed by atoms with E-state index < -0.39 is 0 Å². The van der Waals surface area contributed by atoms with E-state index >= 15 is 0 Å². The summed E-state index contributed by atoms with van der Waals surface area (Å²) in [6, 6.07) is 18.2. The van der Waals surface area contributed by atoms with Gasteiger partial charge in [-0.05, 0) is 67.0 Å². The third kappa shape index (κ3) is 3.48. The summed E-state index contributed by atoms with van der Waals surface area (Å²) in [5, 5.41) is 10.8. The highest BCUT2D eigenvalue weighted by atomic mass is 35.5. The lowest BCUT2D eigenvalue weighted by atomic mass is 9.69. The summed E-state index contributed by atoms with van der Waals surface area (Å²) in [6.45, 7) is 6.00. The molecule has 0 atom stereocenters. The summed E-state index contributed by atoms with van der Waals surface area (Å²) in [5.74, 6) is -0.00735. The Bertz CT molecular complexity index is 1130. The third-order valence-corrected chi connectivity index (χ3v) is 6.95. The summed E-state index contributed by atoms with van der Waals surface area (Å²) >= 11 is 6.13. The molecule has 1 amide bonds. The van der Waals surface area contributed by atoms with Crippen LogP contribution in [-0.2, 0) is 12.0 Å². The first-order chi connectivity index (χ1) is 14.5. The lowest BCUT2D eigenvalue weighted by Gasteiger charge is -2.42. The van der Waals surface area contributed by atoms with Crippen LogP contribution in [0.5, 0.6) is 0 Å². The summed E-state index contributed by atoms with van der Waals surface area (Å²) in [5.41, 5.74) is 4.28. The first kappa shape index (κ1) is 20.5. The molecule has 0 unspecified atom stereocenters. The van der Waals surface area contributed by atoms with Gasteiger partial charge in [-0.15, -0.1) is 0 Å². The predicted octanol–water partition coefficient (Wildman–Crippen LogP) is 5.71. The van der Waals surface area contributed by atoms with Crippen LogP contribution in [0.15, 0.2) is 48.5 Å². The van der Waals surface area contributed by atoms with Gasteiger partial charge < -0.3 is 9.47 Å². The molecule has 2 heterocycles. The van der Waals surface area contributed by atoms with Crippen LogP contribution in [0, 0.1) is 18.3 Å². The molecule has 5 heteroatoms. The summed E-state index contributed by atoms with van der Waals surface area (Å²) < 4.78 is 1.80. The minimum absolute atomic E-state index is 0.00735. The number of benzene rings is 2. The second kappa shape index (κ2) is 8.16. The maximum Gasteiger partial charge on any atom is 0.270 e. The number of hydrogen-bond donors (Lipinski definition) is 0. The predicted molar refractivity (Wildman–Crippen MR) is 121 cm³/mol. The maximum absolute atomic E-state index is 13.4. The van der Waals surface area contributed by atoms with Crippen molar-refractivity contribution in [3.63, 3.8) is 0 Å². The average molecular weight is 420 g/mol. The van der Waals surface area contributed by atoms with E-state index in [1.807, 2.05) is 23.1 Å². The molecule has 1 aromatic heterocycles. The molecule has 2 aromatic carbocycles. The van der Waals surface area contributed by atoms with E-state index in [2.05, 4.69) is 44.2 Å². The molecule has 0 bridgehead atoms. The SMILES string of the molecule is CCC1(c2ccccc2C)CCN(C(=O)c2cc3cc(Cl)ccc3n2CC#N)CC1. The number of piperidine rings is 1. The number of fused-ring (bicyclic) bond motifs is 1. The first-order valence-corrected chi connectivity index (χ1v) is 10.9. The number of halogens is 1. The van der Waals surface area contributed by atoms with E-state index in [9.17, 15) is 10.1 Å². The number of aryl methyl sites for hydroxylation is 1. The largest absolute Gasteiger partial charge is 0.337 e. The second-order valence-electron chi connectivity index (χ2n) is 8.22. The summed E-state index contributed by atoms with van der Waals surface area (Å²) in [4.78, 5) is 15.4. The number of nitriles is 1. The number of aromatic nitrogens is 1. The molecule has 4 nitrogen and oxygen atoms in total. The van der Waals surface area contributed by atoms with Gasteiger partial charge in [0.05, 0.1) is 6.07 Å². The molecule has 4 rings (SSSR count). The molecule has 0 spiro atoms. The Hall–Kier alpha value is -2.77. The van der Waals surface area contributed by atoms with Gasteiger partial charge in [0, 0.05) is 29.0 Å². The van der Waals surface area contributed by atoms with Gasteiger partial charge in [-0.1, -0.05) is 42.8 Å². The minimum atomic E-state index is -0.00735. The Balaban J connectivity index is 1.61. The molecule has 0 N–H and O–H groups in total. The fourth-order valence-corrected chi connectivity index (χ4v) is 5.12. The van der Waals surface area contributed by atoms with E-state index in [1.165, 1.54) is 11.1 Å².